The molecule has 12 nitrogen and oxygen atoms in total. The van der Waals surface area contributed by atoms with Crippen molar-refractivity contribution in [1.29, 1.82) is 0 Å². The van der Waals surface area contributed by atoms with Gasteiger partial charge in [0.1, 0.15) is 28.8 Å². The molecular weight excluding hydrogens is 2100 g/mol. The Kier molecular flexibility index (Phi) is 46.3. The number of nitrogens with zero attached hydrogens (tertiary/aromatic N) is 3. The number of ether oxygens (including phenoxy) is 4. The molecule has 614 valence electrons. The van der Waals surface area contributed by atoms with Crippen molar-refractivity contribution < 1.29 is 55.9 Å². The molecule has 0 aromatic heterocycles. The van der Waals surface area contributed by atoms with E-state index in [0.29, 0.717) is 53.7 Å². The van der Waals surface area contributed by atoms with Gasteiger partial charge in [-0.05, 0) is 224 Å². The van der Waals surface area contributed by atoms with Gasteiger partial charge in [-0.3, -0.25) is 19.5 Å². The number of Topliss-reactive ketones (excluding diaryl/α,β-unsaturated/α-hetero) is 1. The number of rotatable bonds is 14. The third kappa shape index (κ3) is 30.2. The standard InChI is InChI=1S/C21H25NO2.C21H23NO.C14H19NO.C14H17NO.C13H17NO.C7H7O.2CH3I.2CH4.BrH.3HI.Mg.V/c1-24-20-9-5-8-17(12-20)21(23)13-18-10-11-19(14-21)22(18)15-16-6-3-2-4-7-16;1-23-21-9-5-8-17(14-21)18-12-19-10-11-20(13-18)22(19)15-16-6-3-2-4-7-16;1-16-14-4-2-3-10(9-14)11-7-12-5-6-13(8-11)15-12;16-14-8-12-6-7-13(9-14)15(12)10-11-4-2-1-3-5-11;15-13-3-1-2-9(8-13)10-6-11-4-5-12(7-10)14-11;1-8-7-5-3-2-4-6-7;2*1-2;;;;;;;;/h2-9,12,18-19,23H,10-11,13-15H2,1H3;2-9,12,14,19-20H,10-11,13,15H2,1H3;2-4,9,11-13,15H,5-8H2,1H3;1-5,12-13H,6-10H2;1-3,8,10-12,14-15H,4-7H2;2-3,5-6H,1H3;2*1H3;2*1H4;4*1H;;/q;;;;;-1;;;;;;;;;+2;+3/p-4. The molecule has 8 aromatic carbocycles. The molecule has 10 unspecified atom stereocenters. The summed E-state index contributed by atoms with van der Waals surface area (Å²) in [6.07, 6.45) is 24.7. The number of nitrogens with one attached hydrogen (secondary N) is 2. The number of halogens is 6. The molecule has 20 heteroatoms. The van der Waals surface area contributed by atoms with Gasteiger partial charge in [-0.1, -0.05) is 206 Å². The fourth-order valence-corrected chi connectivity index (χ4v) is 18.5. The zero-order valence-corrected chi connectivity index (χ0v) is 81.2. The quantitative estimate of drug-likeness (QED) is 0.0358. The van der Waals surface area contributed by atoms with Gasteiger partial charge in [0.25, 0.3) is 0 Å². The molecule has 8 aromatic rings. The van der Waals surface area contributed by atoms with Crippen LogP contribution in [0.25, 0.3) is 5.57 Å². The predicted octanol–water partition coefficient (Wildman–Crippen LogP) is 19.8. The summed E-state index contributed by atoms with van der Waals surface area (Å²) in [4.78, 5) is 23.0. The van der Waals surface area contributed by atoms with E-state index in [0.717, 1.165) is 110 Å². The first-order valence-electron chi connectivity index (χ1n) is 39.3. The van der Waals surface area contributed by atoms with Gasteiger partial charge >= 0.3 is 87.9 Å². The molecule has 0 radical (unpaired) electrons. The third-order valence-electron chi connectivity index (χ3n) is 23.6. The zero-order valence-electron chi connectivity index (χ0n) is 66.0. The van der Waals surface area contributed by atoms with Crippen LogP contribution < -0.4 is 46.6 Å². The van der Waals surface area contributed by atoms with Crippen molar-refractivity contribution >= 4 is 140 Å². The number of alkyl halides is 2. The number of phenolic OH excluding ortho intramolecular Hbond substituents is 1. The Bertz CT molecular complexity index is 4000. The van der Waals surface area contributed by atoms with Gasteiger partial charge in [0.05, 0.1) is 34.0 Å². The molecule has 18 rings (SSSR count). The van der Waals surface area contributed by atoms with Crippen LogP contribution in [0.5, 0.6) is 28.7 Å². The van der Waals surface area contributed by atoms with Gasteiger partial charge in [0.2, 0.25) is 0 Å². The summed E-state index contributed by atoms with van der Waals surface area (Å²) >= 11 is 11.7. The molecule has 114 heavy (non-hydrogen) atoms. The summed E-state index contributed by atoms with van der Waals surface area (Å²) < 4.78 is 20.9. The number of carbonyl (C=O) groups excluding carboxylic acids is 1. The number of hydrogen-bond acceptors (Lipinski definition) is 12. The number of carbonyl (C=O) groups is 1. The first-order chi connectivity index (χ1) is 53.7. The van der Waals surface area contributed by atoms with Crippen LogP contribution in [-0.2, 0) is 35.0 Å². The van der Waals surface area contributed by atoms with Crippen LogP contribution in [0.1, 0.15) is 188 Å². The smallest absolute Gasteiger partial charge is 2.00 e. The number of phenols is 1. The van der Waals surface area contributed by atoms with Crippen LogP contribution in [0, 0.1) is 6.07 Å². The molecule has 10 bridgehead atoms. The van der Waals surface area contributed by atoms with E-state index < -0.39 is 5.60 Å². The Hall–Kier alpha value is -2.59. The molecule has 4 N–H and O–H groups in total. The number of aliphatic hydroxyl groups is 1. The predicted molar refractivity (Wildman–Crippen MR) is 510 cm³/mol. The number of piperidine rings is 4. The minimum absolute atomic E-state index is 0. The van der Waals surface area contributed by atoms with Crippen LogP contribution in [-0.4, -0.2) is 152 Å². The summed E-state index contributed by atoms with van der Waals surface area (Å²) in [6, 6.07) is 81.3. The molecule has 9 saturated heterocycles. The van der Waals surface area contributed by atoms with E-state index in [1.807, 2.05) is 76.6 Å². The Morgan fingerprint density at radius 3 is 1.31 bits per heavy atom. The number of ketones is 1. The van der Waals surface area contributed by atoms with E-state index in [1.54, 1.807) is 40.6 Å². The second-order valence-corrected chi connectivity index (χ2v) is 65.8. The molecule has 10 aliphatic rings. The molecule has 0 aliphatic carbocycles. The average molecular weight is 2220 g/mol. The Morgan fingerprint density at radius 2 is 0.860 bits per heavy atom. The van der Waals surface area contributed by atoms with E-state index in [4.69, 9.17) is 18.9 Å². The first-order valence-corrected chi connectivity index (χ1v) is 57.1. The van der Waals surface area contributed by atoms with Crippen molar-refractivity contribution in [2.75, 3.05) is 38.3 Å². The van der Waals surface area contributed by atoms with Gasteiger partial charge in [0, 0.05) is 98.6 Å². The summed E-state index contributed by atoms with van der Waals surface area (Å²) in [7, 11) is 6.80. The Balaban J connectivity index is 0.000000212. The van der Waals surface area contributed by atoms with Crippen LogP contribution in [0.3, 0.4) is 0 Å². The maximum Gasteiger partial charge on any atom is 2.00 e. The maximum atomic E-state index is 11.5. The Labute approximate surface area is 776 Å². The van der Waals surface area contributed by atoms with Crippen LogP contribution in [0.4, 0.5) is 0 Å². The summed E-state index contributed by atoms with van der Waals surface area (Å²) in [6.45, 7) is 3.08. The average Bonchev–Trinajstić information content (AvgIpc) is 1.56. The third-order valence-corrected chi connectivity index (χ3v) is 23.6. The van der Waals surface area contributed by atoms with E-state index in [2.05, 4.69) is 276 Å². The van der Waals surface area contributed by atoms with Gasteiger partial charge in [-0.15, -0.1) is 12.1 Å². The van der Waals surface area contributed by atoms with Crippen molar-refractivity contribution in [1.82, 2.24) is 25.3 Å². The SMILES string of the molecule is C.C.CI.CI.COc1c[c-]ccc1.COc1cccc(C2(O)CC3CCC(C2)N3Cc2ccccc2)c1.COc1cccc(C2=CC3CCC(C2)N3Cc2ccccc2)c1.COc1cccc(C2CC3CCC(C2)N3)c1.O=C1CC2CCC(C1)N2Cc1ccccc1.Oc1cccc(C2CC3CCC(C2)N3)c1.[Br-].[I][V]([I])[I].[Mg+2]. The number of fused-ring (bicyclic) bond motifs is 10. The van der Waals surface area contributed by atoms with Gasteiger partial charge in [-0.2, -0.15) is 18.2 Å². The van der Waals surface area contributed by atoms with E-state index in [9.17, 15) is 15.0 Å². The van der Waals surface area contributed by atoms with Crippen LogP contribution in [0.15, 0.2) is 218 Å². The van der Waals surface area contributed by atoms with Crippen LogP contribution in [0.2, 0.25) is 0 Å². The molecule has 0 spiro atoms. The number of methoxy groups -OCH3 is 4. The minimum atomic E-state index is -0.729. The van der Waals surface area contributed by atoms with Gasteiger partial charge in [0.15, 0.2) is 0 Å². The number of aromatic hydroxyl groups is 1. The van der Waals surface area contributed by atoms with Crippen molar-refractivity contribution in [3.8, 4) is 28.7 Å². The molecule has 10 aliphatic heterocycles. The van der Waals surface area contributed by atoms with Gasteiger partial charge in [-0.25, -0.2) is 0 Å². The van der Waals surface area contributed by atoms with Crippen molar-refractivity contribution in [2.45, 2.75) is 234 Å². The second kappa shape index (κ2) is 52.7. The van der Waals surface area contributed by atoms with Crippen molar-refractivity contribution in [3.05, 3.63) is 263 Å². The largest absolute Gasteiger partial charge is 2.00 e. The van der Waals surface area contributed by atoms with Crippen molar-refractivity contribution in [2.24, 2.45) is 0 Å². The van der Waals surface area contributed by atoms with E-state index in [1.165, 1.54) is 129 Å². The normalized spacial score (nSPS) is 25.3. The molecule has 0 amide bonds. The van der Waals surface area contributed by atoms with Crippen LogP contribution >= 0.6 is 105 Å². The molecule has 9 fully saturated rings. The van der Waals surface area contributed by atoms with Gasteiger partial charge < -0.3 is 56.8 Å². The maximum absolute atomic E-state index is 11.5. The summed E-state index contributed by atoms with van der Waals surface area (Å²) in [5, 5.41) is 28.2. The summed E-state index contributed by atoms with van der Waals surface area (Å²) in [5.41, 5.74) is 10.00. The molecular formula is C94H122BrI5MgN5O7V. The molecule has 10 atom stereocenters. The van der Waals surface area contributed by atoms with E-state index in [-0.39, 0.29) is 59.8 Å². The number of hydrogen-bond donors (Lipinski definition) is 4. The monoisotopic (exact) mass is 2220 g/mol. The van der Waals surface area contributed by atoms with Crippen molar-refractivity contribution in [3.63, 3.8) is 0 Å². The zero-order chi connectivity index (χ0) is 77.8. The second-order valence-electron chi connectivity index (χ2n) is 30.4. The van der Waals surface area contributed by atoms with E-state index >= 15 is 0 Å². The molecule has 10 heterocycles. The molecule has 0 saturated carbocycles. The summed E-state index contributed by atoms with van der Waals surface area (Å²) in [5.74, 6) is 5.86. The fraction of sp³-hybridized carbons (Fsp3) is 0.457. The Morgan fingerprint density at radius 1 is 0.465 bits per heavy atom. The minimum Gasteiger partial charge on any atom is 2.00 e. The topological polar surface area (TPSA) is 128 Å². The first kappa shape index (κ1) is 100. The fourth-order valence-electron chi connectivity index (χ4n) is 18.5. The number of benzene rings is 8.